The minimum Gasteiger partial charge on any atom is -0.324 e. The van der Waals surface area contributed by atoms with Crippen LogP contribution >= 0.6 is 46.6 Å². The van der Waals surface area contributed by atoms with Gasteiger partial charge < -0.3 is 9.88 Å². The number of nitrogens with zero attached hydrogens (tertiary/aromatic N) is 3. The summed E-state index contributed by atoms with van der Waals surface area (Å²) in [4.78, 5) is 12.4. The quantitative estimate of drug-likeness (QED) is 0.424. The van der Waals surface area contributed by atoms with Crippen LogP contribution in [0.25, 0.3) is 0 Å². The minimum atomic E-state index is -0.414. The van der Waals surface area contributed by atoms with Crippen molar-refractivity contribution in [2.45, 2.75) is 30.8 Å². The molecule has 1 atom stereocenters. The van der Waals surface area contributed by atoms with Crippen molar-refractivity contribution in [3.05, 3.63) is 45.7 Å². The first kappa shape index (κ1) is 19.1. The number of amides is 1. The van der Waals surface area contributed by atoms with Crippen LogP contribution in [0, 0.1) is 6.92 Å². The molecule has 1 amide bonds. The summed E-state index contributed by atoms with van der Waals surface area (Å²) in [6.45, 7) is 7.91. The number of allylic oxidation sites excluding steroid dienone is 1. The number of hydrogen-bond donors (Lipinski definition) is 1. The Morgan fingerprint density at radius 3 is 2.67 bits per heavy atom. The van der Waals surface area contributed by atoms with Gasteiger partial charge in [0.1, 0.15) is 5.82 Å². The molecule has 0 saturated carbocycles. The summed E-state index contributed by atoms with van der Waals surface area (Å²) in [5, 5.41) is 12.1. The van der Waals surface area contributed by atoms with E-state index in [0.717, 1.165) is 5.82 Å². The Labute approximate surface area is 159 Å². The molecule has 1 unspecified atom stereocenters. The first-order valence-corrected chi connectivity index (χ1v) is 8.97. The van der Waals surface area contributed by atoms with Crippen molar-refractivity contribution >= 4 is 58.2 Å². The van der Waals surface area contributed by atoms with Gasteiger partial charge in [-0.05, 0) is 26.0 Å². The van der Waals surface area contributed by atoms with Crippen LogP contribution in [0.1, 0.15) is 12.7 Å². The van der Waals surface area contributed by atoms with Gasteiger partial charge in [0.15, 0.2) is 5.16 Å². The van der Waals surface area contributed by atoms with Gasteiger partial charge in [-0.25, -0.2) is 0 Å². The molecular formula is C15H15Cl3N4OS. The molecule has 0 saturated heterocycles. The highest BCUT2D eigenvalue weighted by atomic mass is 35.5. The average Bonchev–Trinajstić information content (AvgIpc) is 2.86. The van der Waals surface area contributed by atoms with Gasteiger partial charge in [-0.15, -0.1) is 16.8 Å². The van der Waals surface area contributed by atoms with E-state index in [0.29, 0.717) is 32.5 Å². The van der Waals surface area contributed by atoms with Crippen molar-refractivity contribution in [1.29, 1.82) is 0 Å². The molecule has 0 bridgehead atoms. The van der Waals surface area contributed by atoms with Gasteiger partial charge in [-0.1, -0.05) is 52.6 Å². The normalized spacial score (nSPS) is 12.0. The van der Waals surface area contributed by atoms with E-state index in [1.54, 1.807) is 13.0 Å². The van der Waals surface area contributed by atoms with E-state index >= 15 is 0 Å². The lowest BCUT2D eigenvalue weighted by molar-refractivity contribution is -0.115. The smallest absolute Gasteiger partial charge is 0.237 e. The highest BCUT2D eigenvalue weighted by molar-refractivity contribution is 8.00. The zero-order valence-corrected chi connectivity index (χ0v) is 16.1. The summed E-state index contributed by atoms with van der Waals surface area (Å²) in [6.07, 6.45) is 1.75. The molecule has 24 heavy (non-hydrogen) atoms. The highest BCUT2D eigenvalue weighted by Gasteiger charge is 2.20. The Morgan fingerprint density at radius 2 is 2.00 bits per heavy atom. The fourth-order valence-corrected chi connectivity index (χ4v) is 3.35. The third kappa shape index (κ3) is 4.45. The van der Waals surface area contributed by atoms with Gasteiger partial charge in [0.05, 0.1) is 26.0 Å². The predicted molar refractivity (Wildman–Crippen MR) is 100 cm³/mol. The first-order valence-electron chi connectivity index (χ1n) is 6.96. The predicted octanol–water partition coefficient (Wildman–Crippen LogP) is 4.85. The van der Waals surface area contributed by atoms with Gasteiger partial charge >= 0.3 is 0 Å². The van der Waals surface area contributed by atoms with Crippen LogP contribution in [-0.4, -0.2) is 25.9 Å². The van der Waals surface area contributed by atoms with E-state index in [4.69, 9.17) is 34.8 Å². The maximum atomic E-state index is 12.4. The zero-order chi connectivity index (χ0) is 17.9. The molecule has 1 aromatic heterocycles. The van der Waals surface area contributed by atoms with Crippen molar-refractivity contribution in [2.24, 2.45) is 0 Å². The molecule has 0 fully saturated rings. The summed E-state index contributed by atoms with van der Waals surface area (Å²) in [7, 11) is 0. The Hall–Kier alpha value is -1.21. The summed E-state index contributed by atoms with van der Waals surface area (Å²) in [5.74, 6) is 0.531. The van der Waals surface area contributed by atoms with Crippen LogP contribution in [0.2, 0.25) is 15.1 Å². The molecule has 9 heteroatoms. The number of halogens is 3. The van der Waals surface area contributed by atoms with E-state index in [-0.39, 0.29) is 5.91 Å². The van der Waals surface area contributed by atoms with Crippen molar-refractivity contribution in [3.63, 3.8) is 0 Å². The number of carbonyl (C=O) groups is 1. The molecule has 0 spiro atoms. The van der Waals surface area contributed by atoms with Crippen molar-refractivity contribution in [1.82, 2.24) is 14.8 Å². The number of benzene rings is 1. The third-order valence-electron chi connectivity index (χ3n) is 3.13. The molecule has 5 nitrogen and oxygen atoms in total. The molecule has 0 aliphatic rings. The number of nitrogens with one attached hydrogen (secondary N) is 1. The Bertz CT molecular complexity index is 778. The molecule has 1 N–H and O–H groups in total. The maximum Gasteiger partial charge on any atom is 0.237 e. The molecule has 2 rings (SSSR count). The van der Waals surface area contributed by atoms with E-state index < -0.39 is 5.25 Å². The van der Waals surface area contributed by atoms with Crippen molar-refractivity contribution in [2.75, 3.05) is 5.32 Å². The van der Waals surface area contributed by atoms with E-state index in [9.17, 15) is 4.79 Å². The van der Waals surface area contributed by atoms with Crippen molar-refractivity contribution in [3.8, 4) is 0 Å². The second-order valence-corrected chi connectivity index (χ2v) is 7.45. The Kier molecular flexibility index (Phi) is 6.57. The Morgan fingerprint density at radius 1 is 1.33 bits per heavy atom. The summed E-state index contributed by atoms with van der Waals surface area (Å²) in [6, 6.07) is 3.01. The van der Waals surface area contributed by atoms with E-state index in [2.05, 4.69) is 22.1 Å². The molecular weight excluding hydrogens is 391 g/mol. The average molecular weight is 406 g/mol. The monoisotopic (exact) mass is 404 g/mol. The topological polar surface area (TPSA) is 59.8 Å². The van der Waals surface area contributed by atoms with Crippen LogP contribution in [0.3, 0.4) is 0 Å². The Balaban J connectivity index is 2.10. The summed E-state index contributed by atoms with van der Waals surface area (Å²) in [5.41, 5.74) is 0.409. The number of thioether (sulfide) groups is 1. The van der Waals surface area contributed by atoms with E-state index in [1.165, 1.54) is 23.9 Å². The van der Waals surface area contributed by atoms with Gasteiger partial charge in [-0.3, -0.25) is 4.79 Å². The van der Waals surface area contributed by atoms with Crippen LogP contribution < -0.4 is 5.32 Å². The van der Waals surface area contributed by atoms with Crippen molar-refractivity contribution < 1.29 is 4.79 Å². The fraction of sp³-hybridized carbons (Fsp3) is 0.267. The molecule has 0 radical (unpaired) electrons. The number of rotatable bonds is 6. The lowest BCUT2D eigenvalue weighted by Crippen LogP contribution is -2.23. The fourth-order valence-electron chi connectivity index (χ4n) is 1.85. The third-order valence-corrected chi connectivity index (χ3v) is 5.25. The van der Waals surface area contributed by atoms with Gasteiger partial charge in [-0.2, -0.15) is 0 Å². The second kappa shape index (κ2) is 8.25. The number of aromatic nitrogens is 3. The zero-order valence-electron chi connectivity index (χ0n) is 13.0. The number of aryl methyl sites for hydroxylation is 1. The molecule has 0 aliphatic heterocycles. The largest absolute Gasteiger partial charge is 0.324 e. The van der Waals surface area contributed by atoms with Gasteiger partial charge in [0.25, 0.3) is 0 Å². The SMILES string of the molecule is C=CCn1c(C)nnc1SC(C)C(=O)Nc1cc(Cl)c(Cl)cc1Cl. The molecule has 128 valence electrons. The lowest BCUT2D eigenvalue weighted by Gasteiger charge is -2.13. The first-order chi connectivity index (χ1) is 11.3. The minimum absolute atomic E-state index is 0.230. The maximum absolute atomic E-state index is 12.4. The van der Waals surface area contributed by atoms with Crippen LogP contribution in [0.15, 0.2) is 29.9 Å². The van der Waals surface area contributed by atoms with Crippen LogP contribution in [0.4, 0.5) is 5.69 Å². The standard InChI is InChI=1S/C15H15Cl3N4OS/c1-4-5-22-9(3)20-21-15(22)24-8(2)14(23)19-13-7-11(17)10(16)6-12(13)18/h4,6-8H,1,5H2,2-3H3,(H,19,23). The molecule has 0 aliphatic carbocycles. The number of carbonyl (C=O) groups excluding carboxylic acids is 1. The summed E-state index contributed by atoms with van der Waals surface area (Å²) >= 11 is 19.2. The summed E-state index contributed by atoms with van der Waals surface area (Å²) < 4.78 is 1.88. The second-order valence-electron chi connectivity index (χ2n) is 4.92. The molecule has 1 aromatic carbocycles. The van der Waals surface area contributed by atoms with Crippen LogP contribution in [0.5, 0.6) is 0 Å². The number of anilines is 1. The van der Waals surface area contributed by atoms with Gasteiger partial charge in [0.2, 0.25) is 5.91 Å². The van der Waals surface area contributed by atoms with E-state index in [1.807, 2.05) is 11.5 Å². The molecule has 2 aromatic rings. The highest BCUT2D eigenvalue weighted by Crippen LogP contribution is 2.33. The molecule has 1 heterocycles. The number of hydrogen-bond acceptors (Lipinski definition) is 4. The van der Waals surface area contributed by atoms with Crippen LogP contribution in [-0.2, 0) is 11.3 Å². The lowest BCUT2D eigenvalue weighted by atomic mass is 10.3. The van der Waals surface area contributed by atoms with Gasteiger partial charge in [0, 0.05) is 6.54 Å².